The van der Waals surface area contributed by atoms with E-state index in [0.29, 0.717) is 0 Å². The van der Waals surface area contributed by atoms with Crippen LogP contribution in [0.2, 0.25) is 0 Å². The summed E-state index contributed by atoms with van der Waals surface area (Å²) in [5.74, 6) is 0. The maximum atomic E-state index is 9.60. The van der Waals surface area contributed by atoms with Crippen molar-refractivity contribution in [3.63, 3.8) is 0 Å². The van der Waals surface area contributed by atoms with E-state index in [2.05, 4.69) is 24.0 Å². The minimum Gasteiger partial charge on any atom is -0.388 e. The van der Waals surface area contributed by atoms with Crippen molar-refractivity contribution < 1.29 is 5.11 Å². The zero-order valence-electron chi connectivity index (χ0n) is 9.69. The molecule has 2 rings (SSSR count). The monoisotopic (exact) mass is 233 g/mol. The molecule has 0 aliphatic heterocycles. The molecule has 0 bridgehead atoms. The second kappa shape index (κ2) is 4.36. The minimum atomic E-state index is -0.435. The average Bonchev–Trinajstić information content (AvgIpc) is 2.61. The molecular formula is C13H15NOS. The number of hydrogen-bond acceptors (Lipinski definition) is 3. The van der Waals surface area contributed by atoms with E-state index < -0.39 is 6.10 Å². The van der Waals surface area contributed by atoms with Gasteiger partial charge in [0.15, 0.2) is 0 Å². The van der Waals surface area contributed by atoms with Gasteiger partial charge >= 0.3 is 0 Å². The fraction of sp³-hybridized carbons (Fsp3) is 0.308. The molecule has 0 fully saturated rings. The molecule has 2 aromatic rings. The van der Waals surface area contributed by atoms with Crippen LogP contribution < -0.4 is 0 Å². The van der Waals surface area contributed by atoms with E-state index in [4.69, 9.17) is 0 Å². The lowest BCUT2D eigenvalue weighted by Gasteiger charge is -2.00. The first kappa shape index (κ1) is 11.3. The quantitative estimate of drug-likeness (QED) is 0.861. The van der Waals surface area contributed by atoms with E-state index in [-0.39, 0.29) is 0 Å². The van der Waals surface area contributed by atoms with Crippen LogP contribution in [-0.2, 0) is 0 Å². The summed E-state index contributed by atoms with van der Waals surface area (Å²) in [5, 5.41) is 10.6. The molecule has 84 valence electrons. The number of aliphatic hydroxyl groups is 1. The van der Waals surface area contributed by atoms with E-state index >= 15 is 0 Å². The molecule has 0 aliphatic rings. The highest BCUT2D eigenvalue weighted by Gasteiger charge is 2.13. The fourth-order valence-corrected chi connectivity index (χ4v) is 2.82. The Hall–Kier alpha value is -1.19. The van der Waals surface area contributed by atoms with Crippen LogP contribution >= 0.6 is 11.3 Å². The lowest BCUT2D eigenvalue weighted by atomic mass is 10.1. The van der Waals surface area contributed by atoms with Gasteiger partial charge in [-0.3, -0.25) is 0 Å². The number of thiazole rings is 1. The third-order valence-corrected chi connectivity index (χ3v) is 3.95. The van der Waals surface area contributed by atoms with Crippen LogP contribution in [-0.4, -0.2) is 10.1 Å². The number of nitrogens with zero attached hydrogens (tertiary/aromatic N) is 1. The molecule has 0 amide bonds. The Kier molecular flexibility index (Phi) is 3.08. The van der Waals surface area contributed by atoms with Crippen LogP contribution in [0.1, 0.15) is 29.2 Å². The highest BCUT2D eigenvalue weighted by molar-refractivity contribution is 7.15. The summed E-state index contributed by atoms with van der Waals surface area (Å²) in [6.07, 6.45) is -0.435. The van der Waals surface area contributed by atoms with Gasteiger partial charge in [-0.1, -0.05) is 24.3 Å². The van der Waals surface area contributed by atoms with Gasteiger partial charge in [-0.05, 0) is 26.3 Å². The van der Waals surface area contributed by atoms with Crippen LogP contribution in [0.15, 0.2) is 24.3 Å². The molecule has 16 heavy (non-hydrogen) atoms. The van der Waals surface area contributed by atoms with E-state index in [1.807, 2.05) is 19.1 Å². The van der Waals surface area contributed by atoms with Crippen molar-refractivity contribution in [3.05, 3.63) is 40.4 Å². The van der Waals surface area contributed by atoms with Crippen molar-refractivity contribution in [1.29, 1.82) is 0 Å². The SMILES string of the molecule is Cc1ccccc1-c1nc(C)c(C(C)O)s1. The minimum absolute atomic E-state index is 0.435. The molecule has 2 nitrogen and oxygen atoms in total. The summed E-state index contributed by atoms with van der Waals surface area (Å²) in [7, 11) is 0. The summed E-state index contributed by atoms with van der Waals surface area (Å²) in [6, 6.07) is 8.18. The predicted octanol–water partition coefficient (Wildman–Crippen LogP) is 3.48. The fourth-order valence-electron chi connectivity index (χ4n) is 1.72. The van der Waals surface area contributed by atoms with Gasteiger partial charge in [0.1, 0.15) is 5.01 Å². The number of aryl methyl sites for hydroxylation is 2. The Morgan fingerprint density at radius 2 is 1.94 bits per heavy atom. The molecule has 0 aliphatic carbocycles. The molecule has 0 spiro atoms. The molecule has 1 atom stereocenters. The molecule has 1 N–H and O–H groups in total. The van der Waals surface area contributed by atoms with E-state index in [1.54, 1.807) is 18.3 Å². The molecule has 1 aromatic carbocycles. The lowest BCUT2D eigenvalue weighted by Crippen LogP contribution is -1.88. The number of aromatic nitrogens is 1. The summed E-state index contributed by atoms with van der Waals surface area (Å²) in [5.41, 5.74) is 3.30. The number of rotatable bonds is 2. The third kappa shape index (κ3) is 2.01. The highest BCUT2D eigenvalue weighted by Crippen LogP contribution is 2.32. The smallest absolute Gasteiger partial charge is 0.124 e. The van der Waals surface area contributed by atoms with Crippen LogP contribution in [0, 0.1) is 13.8 Å². The molecule has 3 heteroatoms. The zero-order chi connectivity index (χ0) is 11.7. The summed E-state index contributed by atoms with van der Waals surface area (Å²) < 4.78 is 0. The van der Waals surface area contributed by atoms with Crippen molar-refractivity contribution in [1.82, 2.24) is 4.98 Å². The average molecular weight is 233 g/mol. The molecule has 0 radical (unpaired) electrons. The molecule has 0 saturated heterocycles. The first-order chi connectivity index (χ1) is 7.59. The van der Waals surface area contributed by atoms with E-state index in [1.165, 1.54) is 5.56 Å². The zero-order valence-corrected chi connectivity index (χ0v) is 10.5. The van der Waals surface area contributed by atoms with Crippen molar-refractivity contribution in [2.45, 2.75) is 26.9 Å². The van der Waals surface area contributed by atoms with Crippen LogP contribution in [0.3, 0.4) is 0 Å². The van der Waals surface area contributed by atoms with Crippen LogP contribution in [0.25, 0.3) is 10.6 Å². The number of aliphatic hydroxyl groups excluding tert-OH is 1. The molecular weight excluding hydrogens is 218 g/mol. The maximum absolute atomic E-state index is 9.60. The summed E-state index contributed by atoms with van der Waals surface area (Å²) in [6.45, 7) is 5.80. The maximum Gasteiger partial charge on any atom is 0.124 e. The Bertz CT molecular complexity index is 502. The Morgan fingerprint density at radius 1 is 1.25 bits per heavy atom. The summed E-state index contributed by atoms with van der Waals surface area (Å²) >= 11 is 1.57. The normalized spacial score (nSPS) is 12.8. The van der Waals surface area contributed by atoms with Gasteiger partial charge in [0.05, 0.1) is 16.7 Å². The molecule has 1 unspecified atom stereocenters. The standard InChI is InChI=1S/C13H15NOS/c1-8-6-4-5-7-11(8)13-14-9(2)12(16-13)10(3)15/h4-7,10,15H,1-3H3. The van der Waals surface area contributed by atoms with Crippen molar-refractivity contribution >= 4 is 11.3 Å². The van der Waals surface area contributed by atoms with Gasteiger partial charge in [-0.25, -0.2) is 4.98 Å². The Morgan fingerprint density at radius 3 is 2.50 bits per heavy atom. The van der Waals surface area contributed by atoms with Gasteiger partial charge in [-0.2, -0.15) is 0 Å². The van der Waals surface area contributed by atoms with Gasteiger partial charge in [0.25, 0.3) is 0 Å². The van der Waals surface area contributed by atoms with Crippen LogP contribution in [0.5, 0.6) is 0 Å². The first-order valence-electron chi connectivity index (χ1n) is 5.31. The van der Waals surface area contributed by atoms with E-state index in [0.717, 1.165) is 21.1 Å². The summed E-state index contributed by atoms with van der Waals surface area (Å²) in [4.78, 5) is 5.48. The molecule has 0 saturated carbocycles. The van der Waals surface area contributed by atoms with Gasteiger partial charge in [0.2, 0.25) is 0 Å². The van der Waals surface area contributed by atoms with Gasteiger partial charge in [-0.15, -0.1) is 11.3 Å². The third-order valence-electron chi connectivity index (χ3n) is 2.59. The topological polar surface area (TPSA) is 33.1 Å². The lowest BCUT2D eigenvalue weighted by molar-refractivity contribution is 0.202. The Balaban J connectivity index is 2.50. The van der Waals surface area contributed by atoms with Gasteiger partial charge in [0, 0.05) is 5.56 Å². The van der Waals surface area contributed by atoms with Crippen molar-refractivity contribution in [2.75, 3.05) is 0 Å². The Labute approximate surface area is 99.6 Å². The largest absolute Gasteiger partial charge is 0.388 e. The number of benzene rings is 1. The molecule has 1 heterocycles. The second-order valence-electron chi connectivity index (χ2n) is 3.96. The number of hydrogen-bond donors (Lipinski definition) is 1. The van der Waals surface area contributed by atoms with Crippen molar-refractivity contribution in [2.24, 2.45) is 0 Å². The molecule has 1 aromatic heterocycles. The van der Waals surface area contributed by atoms with Gasteiger partial charge < -0.3 is 5.11 Å². The highest BCUT2D eigenvalue weighted by atomic mass is 32.1. The van der Waals surface area contributed by atoms with E-state index in [9.17, 15) is 5.11 Å². The van der Waals surface area contributed by atoms with Crippen LogP contribution in [0.4, 0.5) is 0 Å². The van der Waals surface area contributed by atoms with Crippen molar-refractivity contribution in [3.8, 4) is 10.6 Å². The predicted molar refractivity (Wildman–Crippen MR) is 67.7 cm³/mol. The first-order valence-corrected chi connectivity index (χ1v) is 6.12. The second-order valence-corrected chi connectivity index (χ2v) is 4.99.